The Bertz CT molecular complexity index is 570. The van der Waals surface area contributed by atoms with Gasteiger partial charge in [0.2, 0.25) is 5.95 Å². The van der Waals surface area contributed by atoms with Crippen molar-refractivity contribution in [1.29, 1.82) is 0 Å². The first-order valence-corrected chi connectivity index (χ1v) is 5.46. The maximum Gasteiger partial charge on any atom is 0.573 e. The van der Waals surface area contributed by atoms with Gasteiger partial charge in [0, 0.05) is 12.7 Å². The molecule has 0 spiro atoms. The molecule has 20 heavy (non-hydrogen) atoms. The van der Waals surface area contributed by atoms with E-state index in [-0.39, 0.29) is 11.5 Å². The zero-order valence-electron chi connectivity index (χ0n) is 10.3. The van der Waals surface area contributed by atoms with Crippen LogP contribution in [-0.2, 0) is 0 Å². The third-order valence-electron chi connectivity index (χ3n) is 2.38. The topological polar surface area (TPSA) is 58.5 Å². The summed E-state index contributed by atoms with van der Waals surface area (Å²) < 4.78 is 39.9. The molecule has 0 fully saturated rings. The molecule has 1 aromatic carbocycles. The molecule has 1 heterocycles. The standard InChI is InChI=1S/C12H10F3N3O2/c1-18(11-16-6-9(19)7-17-11)8-2-4-10(5-3-8)20-12(13,14)15/h2-7,19H,1H3. The molecule has 1 N–H and O–H groups in total. The monoisotopic (exact) mass is 285 g/mol. The number of alkyl halides is 3. The van der Waals surface area contributed by atoms with Gasteiger partial charge in [-0.05, 0) is 24.3 Å². The molecule has 0 aliphatic rings. The van der Waals surface area contributed by atoms with Crippen molar-refractivity contribution in [3.05, 3.63) is 36.7 Å². The van der Waals surface area contributed by atoms with Gasteiger partial charge in [-0.15, -0.1) is 13.2 Å². The zero-order valence-corrected chi connectivity index (χ0v) is 10.3. The van der Waals surface area contributed by atoms with E-state index in [0.29, 0.717) is 11.6 Å². The summed E-state index contributed by atoms with van der Waals surface area (Å²) in [5.74, 6) is -0.0790. The van der Waals surface area contributed by atoms with Crippen LogP contribution >= 0.6 is 0 Å². The summed E-state index contributed by atoms with van der Waals surface area (Å²) >= 11 is 0. The van der Waals surface area contributed by atoms with E-state index in [2.05, 4.69) is 14.7 Å². The van der Waals surface area contributed by atoms with Gasteiger partial charge in [-0.2, -0.15) is 0 Å². The molecule has 0 saturated heterocycles. The molecular formula is C12H10F3N3O2. The number of aromatic nitrogens is 2. The molecule has 2 rings (SSSR count). The van der Waals surface area contributed by atoms with E-state index in [9.17, 15) is 13.2 Å². The van der Waals surface area contributed by atoms with Gasteiger partial charge in [-0.1, -0.05) is 0 Å². The fourth-order valence-corrected chi connectivity index (χ4v) is 1.47. The maximum atomic E-state index is 12.0. The molecule has 1 aromatic heterocycles. The average Bonchev–Trinajstić information content (AvgIpc) is 2.38. The van der Waals surface area contributed by atoms with Crippen LogP contribution in [0.4, 0.5) is 24.8 Å². The molecule has 8 heteroatoms. The SMILES string of the molecule is CN(c1ccc(OC(F)(F)F)cc1)c1ncc(O)cn1. The summed E-state index contributed by atoms with van der Waals surface area (Å²) in [5, 5.41) is 9.09. The molecule has 5 nitrogen and oxygen atoms in total. The maximum absolute atomic E-state index is 12.0. The quantitative estimate of drug-likeness (QED) is 0.939. The predicted molar refractivity (Wildman–Crippen MR) is 64.9 cm³/mol. The van der Waals surface area contributed by atoms with Crippen LogP contribution < -0.4 is 9.64 Å². The largest absolute Gasteiger partial charge is 0.573 e. The Labute approximate surface area is 112 Å². The lowest BCUT2D eigenvalue weighted by atomic mass is 10.3. The summed E-state index contributed by atoms with van der Waals surface area (Å²) in [6.45, 7) is 0. The zero-order chi connectivity index (χ0) is 14.8. The molecule has 106 valence electrons. The van der Waals surface area contributed by atoms with E-state index in [4.69, 9.17) is 5.11 Å². The van der Waals surface area contributed by atoms with Crippen LogP contribution in [0.25, 0.3) is 0 Å². The predicted octanol–water partition coefficient (Wildman–Crippen LogP) is 2.85. The minimum atomic E-state index is -4.71. The van der Waals surface area contributed by atoms with Gasteiger partial charge in [0.05, 0.1) is 12.4 Å². The highest BCUT2D eigenvalue weighted by Crippen LogP contribution is 2.26. The summed E-state index contributed by atoms with van der Waals surface area (Å²) in [5.41, 5.74) is 0.574. The van der Waals surface area contributed by atoms with Gasteiger partial charge < -0.3 is 14.7 Å². The number of ether oxygens (including phenoxy) is 1. The lowest BCUT2D eigenvalue weighted by Crippen LogP contribution is -2.17. The van der Waals surface area contributed by atoms with E-state index in [0.717, 1.165) is 0 Å². The van der Waals surface area contributed by atoms with Gasteiger partial charge in [0.25, 0.3) is 0 Å². The Morgan fingerprint density at radius 3 is 2.15 bits per heavy atom. The molecule has 0 aliphatic heterocycles. The van der Waals surface area contributed by atoms with Crippen molar-refractivity contribution in [1.82, 2.24) is 9.97 Å². The molecule has 0 bridgehead atoms. The number of nitrogens with zero attached hydrogens (tertiary/aromatic N) is 3. The number of halogens is 3. The summed E-state index contributed by atoms with van der Waals surface area (Å²) in [6, 6.07) is 5.27. The van der Waals surface area contributed by atoms with Crippen molar-refractivity contribution in [2.75, 3.05) is 11.9 Å². The van der Waals surface area contributed by atoms with Crippen molar-refractivity contribution in [2.24, 2.45) is 0 Å². The number of aromatic hydroxyl groups is 1. The van der Waals surface area contributed by atoms with Crippen LogP contribution in [0.3, 0.4) is 0 Å². The van der Waals surface area contributed by atoms with Crippen LogP contribution in [-0.4, -0.2) is 28.5 Å². The third-order valence-corrected chi connectivity index (χ3v) is 2.38. The number of rotatable bonds is 3. The van der Waals surface area contributed by atoms with Crippen LogP contribution in [0.1, 0.15) is 0 Å². The number of benzene rings is 1. The van der Waals surface area contributed by atoms with Gasteiger partial charge in [0.1, 0.15) is 5.75 Å². The third kappa shape index (κ3) is 3.50. The van der Waals surface area contributed by atoms with Gasteiger partial charge in [0.15, 0.2) is 5.75 Å². The minimum Gasteiger partial charge on any atom is -0.505 e. The van der Waals surface area contributed by atoms with Gasteiger partial charge in [-0.25, -0.2) is 9.97 Å². The lowest BCUT2D eigenvalue weighted by Gasteiger charge is -2.17. The smallest absolute Gasteiger partial charge is 0.505 e. The number of hydrogen-bond donors (Lipinski definition) is 1. The Morgan fingerprint density at radius 1 is 1.10 bits per heavy atom. The van der Waals surface area contributed by atoms with Crippen LogP contribution in [0.15, 0.2) is 36.7 Å². The fourth-order valence-electron chi connectivity index (χ4n) is 1.47. The van der Waals surface area contributed by atoms with Crippen molar-refractivity contribution in [3.8, 4) is 11.5 Å². The summed E-state index contributed by atoms with van der Waals surface area (Å²) in [6.07, 6.45) is -2.27. The molecule has 2 aromatic rings. The molecule has 0 saturated carbocycles. The highest BCUT2D eigenvalue weighted by Gasteiger charge is 2.31. The molecule has 0 unspecified atom stereocenters. The molecule has 0 radical (unpaired) electrons. The fraction of sp³-hybridized carbons (Fsp3) is 0.167. The molecule has 0 atom stereocenters. The molecule has 0 aliphatic carbocycles. The van der Waals surface area contributed by atoms with Crippen molar-refractivity contribution in [2.45, 2.75) is 6.36 Å². The molecular weight excluding hydrogens is 275 g/mol. The average molecular weight is 285 g/mol. The summed E-state index contributed by atoms with van der Waals surface area (Å²) in [7, 11) is 1.64. The van der Waals surface area contributed by atoms with Gasteiger partial charge >= 0.3 is 6.36 Å². The van der Waals surface area contributed by atoms with Gasteiger partial charge in [-0.3, -0.25) is 0 Å². The second-order valence-electron chi connectivity index (χ2n) is 3.84. The van der Waals surface area contributed by atoms with Crippen molar-refractivity contribution in [3.63, 3.8) is 0 Å². The Hall–Kier alpha value is -2.51. The first kappa shape index (κ1) is 13.9. The Balaban J connectivity index is 2.15. The van der Waals surface area contributed by atoms with E-state index in [1.807, 2.05) is 0 Å². The van der Waals surface area contributed by atoms with E-state index in [1.54, 1.807) is 11.9 Å². The van der Waals surface area contributed by atoms with Crippen molar-refractivity contribution >= 4 is 11.6 Å². The highest BCUT2D eigenvalue weighted by atomic mass is 19.4. The Morgan fingerprint density at radius 2 is 1.65 bits per heavy atom. The lowest BCUT2D eigenvalue weighted by molar-refractivity contribution is -0.274. The van der Waals surface area contributed by atoms with Crippen LogP contribution in [0.2, 0.25) is 0 Å². The summed E-state index contributed by atoms with van der Waals surface area (Å²) in [4.78, 5) is 9.33. The Kier molecular flexibility index (Phi) is 3.64. The van der Waals surface area contributed by atoms with Crippen LogP contribution in [0.5, 0.6) is 11.5 Å². The first-order chi connectivity index (χ1) is 9.35. The van der Waals surface area contributed by atoms with Crippen LogP contribution in [0, 0.1) is 0 Å². The van der Waals surface area contributed by atoms with E-state index < -0.39 is 6.36 Å². The second kappa shape index (κ2) is 5.24. The first-order valence-electron chi connectivity index (χ1n) is 5.46. The van der Waals surface area contributed by atoms with E-state index >= 15 is 0 Å². The minimum absolute atomic E-state index is 0.0731. The normalized spacial score (nSPS) is 11.2. The molecule has 0 amide bonds. The number of hydrogen-bond acceptors (Lipinski definition) is 5. The number of anilines is 2. The van der Waals surface area contributed by atoms with Crippen molar-refractivity contribution < 1.29 is 23.0 Å². The van der Waals surface area contributed by atoms with E-state index in [1.165, 1.54) is 36.7 Å². The second-order valence-corrected chi connectivity index (χ2v) is 3.84. The highest BCUT2D eigenvalue weighted by molar-refractivity contribution is 5.57.